The van der Waals surface area contributed by atoms with Crippen LogP contribution in [0.5, 0.6) is 5.75 Å². The van der Waals surface area contributed by atoms with Crippen molar-refractivity contribution in [2.45, 2.75) is 37.8 Å². The zero-order valence-corrected chi connectivity index (χ0v) is 19.9. The standard InChI is InChI=1S/2C10H14N2.C7H6O3/c2*1-12-7-3-5-10(12)9-4-2-6-11-8-9;8-6-4-2-1-3-5(6)7(9)10/h2*2,4,6,8,10H,3,5,7H2,1H3;1-4,8H,(H,9,10). The minimum atomic E-state index is -1.11. The molecule has 2 aliphatic heterocycles. The molecule has 0 saturated carbocycles. The molecule has 2 aliphatic rings. The Bertz CT molecular complexity index is 961. The minimum Gasteiger partial charge on any atom is -0.507 e. The largest absolute Gasteiger partial charge is 0.507 e. The summed E-state index contributed by atoms with van der Waals surface area (Å²) in [6.45, 7) is 2.44. The number of hydrogen-bond donors (Lipinski definition) is 2. The molecule has 5 rings (SSSR count). The number of rotatable bonds is 3. The van der Waals surface area contributed by atoms with Crippen molar-refractivity contribution in [3.63, 3.8) is 0 Å². The third-order valence-corrected chi connectivity index (χ3v) is 6.31. The van der Waals surface area contributed by atoms with Gasteiger partial charge in [0.25, 0.3) is 0 Å². The molecule has 0 amide bonds. The topological polar surface area (TPSA) is 89.8 Å². The van der Waals surface area contributed by atoms with Crippen molar-refractivity contribution >= 4 is 5.97 Å². The molecule has 2 N–H and O–H groups in total. The fourth-order valence-electron chi connectivity index (χ4n) is 4.46. The van der Waals surface area contributed by atoms with Crippen molar-refractivity contribution < 1.29 is 15.0 Å². The molecule has 0 aliphatic carbocycles. The lowest BCUT2D eigenvalue weighted by Gasteiger charge is -2.18. The molecule has 7 heteroatoms. The van der Waals surface area contributed by atoms with Crippen molar-refractivity contribution in [2.75, 3.05) is 27.2 Å². The maximum absolute atomic E-state index is 10.3. The van der Waals surface area contributed by atoms with Gasteiger partial charge >= 0.3 is 5.97 Å². The third-order valence-electron chi connectivity index (χ3n) is 6.31. The highest BCUT2D eigenvalue weighted by Crippen LogP contribution is 2.30. The number of carbonyl (C=O) groups is 1. The first-order valence-corrected chi connectivity index (χ1v) is 11.7. The second kappa shape index (κ2) is 12.8. The number of aromatic hydroxyl groups is 1. The smallest absolute Gasteiger partial charge is 0.339 e. The summed E-state index contributed by atoms with van der Waals surface area (Å²) in [5.41, 5.74) is 2.65. The Balaban J connectivity index is 0.000000144. The van der Waals surface area contributed by atoms with Gasteiger partial charge in [-0.05, 0) is 88.3 Å². The van der Waals surface area contributed by atoms with Crippen LogP contribution in [0.25, 0.3) is 0 Å². The summed E-state index contributed by atoms with van der Waals surface area (Å²) in [4.78, 5) is 23.3. The normalized spacial score (nSPS) is 20.1. The zero-order chi connectivity index (χ0) is 24.3. The van der Waals surface area contributed by atoms with Gasteiger partial charge in [0.05, 0.1) is 0 Å². The average Bonchev–Trinajstić information content (AvgIpc) is 3.49. The molecule has 4 heterocycles. The number of aromatic nitrogens is 2. The zero-order valence-electron chi connectivity index (χ0n) is 19.9. The van der Waals surface area contributed by atoms with E-state index in [1.807, 2.05) is 36.9 Å². The van der Waals surface area contributed by atoms with Gasteiger partial charge in [-0.2, -0.15) is 0 Å². The first-order valence-electron chi connectivity index (χ1n) is 11.7. The Hall–Kier alpha value is -3.29. The Morgan fingerprint density at radius 2 is 1.32 bits per heavy atom. The molecule has 1 aromatic carbocycles. The van der Waals surface area contributed by atoms with Crippen molar-refractivity contribution in [1.82, 2.24) is 19.8 Å². The molecule has 2 atom stereocenters. The first kappa shape index (κ1) is 25.3. The predicted molar refractivity (Wildman–Crippen MR) is 133 cm³/mol. The van der Waals surface area contributed by atoms with Crippen LogP contribution in [0.1, 0.15) is 59.3 Å². The fraction of sp³-hybridized carbons (Fsp3) is 0.370. The lowest BCUT2D eigenvalue weighted by Crippen LogP contribution is -2.17. The van der Waals surface area contributed by atoms with Crippen molar-refractivity contribution in [3.05, 3.63) is 90.0 Å². The van der Waals surface area contributed by atoms with Crippen molar-refractivity contribution in [1.29, 1.82) is 0 Å². The lowest BCUT2D eigenvalue weighted by atomic mass is 10.1. The molecule has 0 bridgehead atoms. The minimum absolute atomic E-state index is 0.0671. The van der Waals surface area contributed by atoms with Crippen LogP contribution in [0.15, 0.2) is 73.3 Å². The summed E-state index contributed by atoms with van der Waals surface area (Å²) in [6.07, 6.45) is 12.8. The number of carboxylic acid groups (broad SMARTS) is 1. The van der Waals surface area contributed by atoms with Crippen LogP contribution in [0.2, 0.25) is 0 Å². The van der Waals surface area contributed by atoms with E-state index in [9.17, 15) is 4.79 Å². The number of hydrogen-bond acceptors (Lipinski definition) is 6. The summed E-state index contributed by atoms with van der Waals surface area (Å²) in [7, 11) is 4.37. The number of para-hydroxylation sites is 1. The van der Waals surface area contributed by atoms with Gasteiger partial charge in [-0.3, -0.25) is 19.8 Å². The molecule has 2 unspecified atom stereocenters. The lowest BCUT2D eigenvalue weighted by molar-refractivity contribution is 0.0693. The molecular weight excluding hydrogens is 428 g/mol. The van der Waals surface area contributed by atoms with E-state index in [1.165, 1.54) is 62.0 Å². The number of benzene rings is 1. The second-order valence-electron chi connectivity index (χ2n) is 8.67. The molecule has 3 aromatic rings. The molecule has 2 aromatic heterocycles. The van der Waals surface area contributed by atoms with Crippen LogP contribution < -0.4 is 0 Å². The Morgan fingerprint density at radius 3 is 1.65 bits per heavy atom. The molecule has 34 heavy (non-hydrogen) atoms. The number of carboxylic acids is 1. The van der Waals surface area contributed by atoms with Crippen LogP contribution in [-0.2, 0) is 0 Å². The fourth-order valence-corrected chi connectivity index (χ4v) is 4.46. The number of phenols is 1. The SMILES string of the molecule is CN1CCCC1c1cccnc1.CN1CCCC1c1cccnc1.O=C(O)c1ccccc1O. The number of likely N-dealkylation sites (tertiary alicyclic amines) is 2. The van der Waals surface area contributed by atoms with Gasteiger partial charge in [0.2, 0.25) is 0 Å². The van der Waals surface area contributed by atoms with Crippen LogP contribution in [-0.4, -0.2) is 63.1 Å². The van der Waals surface area contributed by atoms with Gasteiger partial charge in [-0.1, -0.05) is 24.3 Å². The van der Waals surface area contributed by atoms with E-state index in [2.05, 4.69) is 46.0 Å². The highest BCUT2D eigenvalue weighted by Gasteiger charge is 2.22. The van der Waals surface area contributed by atoms with Gasteiger partial charge in [-0.15, -0.1) is 0 Å². The molecular formula is C27H34N4O3. The van der Waals surface area contributed by atoms with E-state index in [4.69, 9.17) is 10.2 Å². The van der Waals surface area contributed by atoms with E-state index in [0.29, 0.717) is 12.1 Å². The summed E-state index contributed by atoms with van der Waals surface area (Å²) in [5.74, 6) is -1.31. The van der Waals surface area contributed by atoms with Gasteiger partial charge in [0, 0.05) is 36.9 Å². The quantitative estimate of drug-likeness (QED) is 0.578. The first-order chi connectivity index (χ1) is 16.5. The predicted octanol–water partition coefficient (Wildman–Crippen LogP) is 4.79. The molecule has 7 nitrogen and oxygen atoms in total. The summed E-state index contributed by atoms with van der Waals surface area (Å²) in [6, 6.07) is 15.4. The molecule has 0 spiro atoms. The average molecular weight is 463 g/mol. The van der Waals surface area contributed by atoms with Crippen LogP contribution in [0.3, 0.4) is 0 Å². The second-order valence-corrected chi connectivity index (χ2v) is 8.67. The Morgan fingerprint density at radius 1 is 0.824 bits per heavy atom. The maximum Gasteiger partial charge on any atom is 0.339 e. The van der Waals surface area contributed by atoms with Gasteiger partial charge < -0.3 is 10.2 Å². The maximum atomic E-state index is 10.3. The van der Waals surface area contributed by atoms with Crippen LogP contribution >= 0.6 is 0 Å². The molecule has 0 radical (unpaired) electrons. The van der Waals surface area contributed by atoms with E-state index in [1.54, 1.807) is 12.1 Å². The van der Waals surface area contributed by atoms with Gasteiger partial charge in [-0.25, -0.2) is 4.79 Å². The van der Waals surface area contributed by atoms with Gasteiger partial charge in [0.15, 0.2) is 0 Å². The van der Waals surface area contributed by atoms with E-state index in [-0.39, 0.29) is 11.3 Å². The Kier molecular flexibility index (Phi) is 9.55. The monoisotopic (exact) mass is 462 g/mol. The highest BCUT2D eigenvalue weighted by atomic mass is 16.4. The summed E-state index contributed by atoms with van der Waals surface area (Å²) < 4.78 is 0. The van der Waals surface area contributed by atoms with Gasteiger partial charge in [0.1, 0.15) is 11.3 Å². The van der Waals surface area contributed by atoms with Crippen LogP contribution in [0, 0.1) is 0 Å². The molecule has 2 saturated heterocycles. The number of nitrogens with zero attached hydrogens (tertiary/aromatic N) is 4. The summed E-state index contributed by atoms with van der Waals surface area (Å²) in [5, 5.41) is 17.3. The third kappa shape index (κ3) is 7.10. The van der Waals surface area contributed by atoms with Crippen molar-refractivity contribution in [3.8, 4) is 5.75 Å². The number of pyridine rings is 2. The summed E-state index contributed by atoms with van der Waals surface area (Å²) >= 11 is 0. The van der Waals surface area contributed by atoms with E-state index < -0.39 is 5.97 Å². The van der Waals surface area contributed by atoms with Crippen molar-refractivity contribution in [2.24, 2.45) is 0 Å². The number of aromatic carboxylic acids is 1. The molecule has 2 fully saturated rings. The van der Waals surface area contributed by atoms with E-state index >= 15 is 0 Å². The highest BCUT2D eigenvalue weighted by molar-refractivity contribution is 5.90. The molecule has 180 valence electrons. The Labute approximate surface area is 201 Å². The van der Waals surface area contributed by atoms with Crippen LogP contribution in [0.4, 0.5) is 0 Å². The van der Waals surface area contributed by atoms with E-state index in [0.717, 1.165) is 0 Å².